The third-order valence-electron chi connectivity index (χ3n) is 4.59. The van der Waals surface area contributed by atoms with Crippen molar-refractivity contribution < 1.29 is 0 Å². The fraction of sp³-hybridized carbons (Fsp3) is 0.600. The highest BCUT2D eigenvalue weighted by Crippen LogP contribution is 2.28. The first kappa shape index (κ1) is 18.5. The lowest BCUT2D eigenvalue weighted by Crippen LogP contribution is -2.47. The summed E-state index contributed by atoms with van der Waals surface area (Å²) in [5, 5.41) is 0. The summed E-state index contributed by atoms with van der Waals surface area (Å²) < 4.78 is 0. The van der Waals surface area contributed by atoms with Crippen molar-refractivity contribution in [2.24, 2.45) is 0 Å². The van der Waals surface area contributed by atoms with Crippen molar-refractivity contribution in [2.75, 3.05) is 36.0 Å². The third-order valence-corrected chi connectivity index (χ3v) is 4.59. The molecule has 0 aliphatic carbocycles. The molecule has 140 valence electrons. The molecule has 3 heterocycles. The highest BCUT2D eigenvalue weighted by molar-refractivity contribution is 5.45. The Balaban J connectivity index is 1.83. The van der Waals surface area contributed by atoms with Gasteiger partial charge in [0.15, 0.2) is 0 Å². The van der Waals surface area contributed by atoms with Crippen molar-refractivity contribution >= 4 is 11.8 Å². The molecule has 26 heavy (non-hydrogen) atoms. The number of hydrogen-bond donors (Lipinski definition) is 0. The predicted molar refractivity (Wildman–Crippen MR) is 106 cm³/mol. The van der Waals surface area contributed by atoms with Gasteiger partial charge in [0.05, 0.1) is 5.69 Å². The summed E-state index contributed by atoms with van der Waals surface area (Å²) >= 11 is 0. The minimum atomic E-state index is -0.0737. The Morgan fingerprint density at radius 3 is 1.88 bits per heavy atom. The van der Waals surface area contributed by atoms with Gasteiger partial charge in [-0.05, 0) is 6.07 Å². The summed E-state index contributed by atoms with van der Waals surface area (Å²) in [6, 6.07) is 4.01. The quantitative estimate of drug-likeness (QED) is 0.825. The maximum absolute atomic E-state index is 4.90. The first-order chi connectivity index (χ1) is 12.1. The first-order valence-corrected chi connectivity index (χ1v) is 9.31. The van der Waals surface area contributed by atoms with Gasteiger partial charge in [-0.1, -0.05) is 41.5 Å². The molecule has 2 aromatic heterocycles. The maximum atomic E-state index is 4.90. The zero-order valence-corrected chi connectivity index (χ0v) is 16.8. The summed E-state index contributed by atoms with van der Waals surface area (Å²) in [5.74, 6) is 2.75. The molecule has 0 saturated carbocycles. The molecule has 2 aromatic rings. The number of aromatic nitrogens is 4. The minimum absolute atomic E-state index is 0.00259. The van der Waals surface area contributed by atoms with Crippen LogP contribution in [-0.2, 0) is 10.8 Å². The van der Waals surface area contributed by atoms with Gasteiger partial charge in [-0.15, -0.1) is 0 Å². The van der Waals surface area contributed by atoms with Crippen molar-refractivity contribution in [3.05, 3.63) is 36.0 Å². The van der Waals surface area contributed by atoms with Crippen LogP contribution in [-0.4, -0.2) is 46.1 Å². The topological polar surface area (TPSA) is 58.0 Å². The van der Waals surface area contributed by atoms with Crippen molar-refractivity contribution in [1.29, 1.82) is 0 Å². The van der Waals surface area contributed by atoms with Crippen LogP contribution in [0, 0.1) is 0 Å². The predicted octanol–water partition coefficient (Wildman–Crippen LogP) is 3.19. The number of rotatable bonds is 2. The molecule has 1 fully saturated rings. The van der Waals surface area contributed by atoms with E-state index in [0.29, 0.717) is 0 Å². The van der Waals surface area contributed by atoms with E-state index in [4.69, 9.17) is 9.97 Å². The van der Waals surface area contributed by atoms with E-state index in [9.17, 15) is 0 Å². The number of nitrogens with zero attached hydrogens (tertiary/aromatic N) is 6. The highest BCUT2D eigenvalue weighted by atomic mass is 15.3. The van der Waals surface area contributed by atoms with Crippen molar-refractivity contribution in [1.82, 2.24) is 19.9 Å². The van der Waals surface area contributed by atoms with Gasteiger partial charge in [0.1, 0.15) is 11.6 Å². The zero-order valence-electron chi connectivity index (χ0n) is 16.8. The van der Waals surface area contributed by atoms with E-state index in [0.717, 1.165) is 49.5 Å². The number of anilines is 2. The van der Waals surface area contributed by atoms with E-state index < -0.39 is 0 Å². The molecule has 1 aliphatic rings. The molecule has 0 spiro atoms. The highest BCUT2D eigenvalue weighted by Gasteiger charge is 2.26. The molecule has 0 atom stereocenters. The molecule has 0 bridgehead atoms. The van der Waals surface area contributed by atoms with E-state index in [1.165, 1.54) is 0 Å². The van der Waals surface area contributed by atoms with E-state index >= 15 is 0 Å². The molecule has 6 nitrogen and oxygen atoms in total. The van der Waals surface area contributed by atoms with Crippen molar-refractivity contribution in [3.8, 4) is 0 Å². The second-order valence-electron chi connectivity index (χ2n) is 8.96. The Morgan fingerprint density at radius 1 is 0.769 bits per heavy atom. The fourth-order valence-electron chi connectivity index (χ4n) is 2.91. The molecule has 0 N–H and O–H groups in total. The standard InChI is InChI=1S/C20H30N6/c1-19(2,3)15-14-16(24-17(23-15)20(4,5)6)25-10-12-26(13-11-25)18-21-8-7-9-22-18/h7-9,14H,10-13H2,1-6H3. The first-order valence-electron chi connectivity index (χ1n) is 9.31. The van der Waals surface area contributed by atoms with Gasteiger partial charge in [-0.2, -0.15) is 0 Å². The summed E-state index contributed by atoms with van der Waals surface area (Å²) in [7, 11) is 0. The largest absolute Gasteiger partial charge is 0.353 e. The second-order valence-corrected chi connectivity index (χ2v) is 8.96. The van der Waals surface area contributed by atoms with Crippen LogP contribution in [0.15, 0.2) is 24.5 Å². The van der Waals surface area contributed by atoms with Gasteiger partial charge in [-0.25, -0.2) is 19.9 Å². The average molecular weight is 355 g/mol. The van der Waals surface area contributed by atoms with Gasteiger partial charge in [-0.3, -0.25) is 0 Å². The summed E-state index contributed by atoms with van der Waals surface area (Å²) in [6.45, 7) is 16.7. The lowest BCUT2D eigenvalue weighted by atomic mass is 9.90. The van der Waals surface area contributed by atoms with Crippen LogP contribution in [0.4, 0.5) is 11.8 Å². The smallest absolute Gasteiger partial charge is 0.225 e. The lowest BCUT2D eigenvalue weighted by Gasteiger charge is -2.36. The maximum Gasteiger partial charge on any atom is 0.225 e. The Hall–Kier alpha value is -2.24. The Kier molecular flexibility index (Phi) is 4.86. The van der Waals surface area contributed by atoms with Gasteiger partial charge >= 0.3 is 0 Å². The van der Waals surface area contributed by atoms with Crippen LogP contribution in [0.5, 0.6) is 0 Å². The van der Waals surface area contributed by atoms with Crippen molar-refractivity contribution in [2.45, 2.75) is 52.4 Å². The molecule has 0 radical (unpaired) electrons. The number of hydrogen-bond acceptors (Lipinski definition) is 6. The van der Waals surface area contributed by atoms with Crippen LogP contribution in [0.25, 0.3) is 0 Å². The molecule has 1 saturated heterocycles. The van der Waals surface area contributed by atoms with E-state index in [-0.39, 0.29) is 10.8 Å². The molecular weight excluding hydrogens is 324 g/mol. The molecule has 0 unspecified atom stereocenters. The molecule has 0 aromatic carbocycles. The van der Waals surface area contributed by atoms with Crippen LogP contribution < -0.4 is 9.80 Å². The average Bonchev–Trinajstić information content (AvgIpc) is 2.61. The van der Waals surface area contributed by atoms with E-state index in [2.05, 4.69) is 67.4 Å². The lowest BCUT2D eigenvalue weighted by molar-refractivity contribution is 0.510. The zero-order chi connectivity index (χ0) is 18.9. The molecule has 1 aliphatic heterocycles. The minimum Gasteiger partial charge on any atom is -0.353 e. The van der Waals surface area contributed by atoms with Gasteiger partial charge in [0.2, 0.25) is 5.95 Å². The van der Waals surface area contributed by atoms with Crippen LogP contribution in [0.2, 0.25) is 0 Å². The van der Waals surface area contributed by atoms with Crippen LogP contribution >= 0.6 is 0 Å². The van der Waals surface area contributed by atoms with E-state index in [1.54, 1.807) is 12.4 Å². The van der Waals surface area contributed by atoms with E-state index in [1.807, 2.05) is 6.07 Å². The molecule has 3 rings (SSSR count). The Bertz CT molecular complexity index is 705. The number of piperazine rings is 1. The fourth-order valence-corrected chi connectivity index (χ4v) is 2.91. The monoisotopic (exact) mass is 354 g/mol. The molecule has 6 heteroatoms. The third kappa shape index (κ3) is 4.11. The van der Waals surface area contributed by atoms with Gasteiger partial charge in [0.25, 0.3) is 0 Å². The Labute approximate surface area is 156 Å². The molecule has 0 amide bonds. The Morgan fingerprint density at radius 2 is 1.35 bits per heavy atom. The van der Waals surface area contributed by atoms with Crippen molar-refractivity contribution in [3.63, 3.8) is 0 Å². The van der Waals surface area contributed by atoms with Crippen LogP contribution in [0.3, 0.4) is 0 Å². The second kappa shape index (κ2) is 6.82. The summed E-state index contributed by atoms with van der Waals surface area (Å²) in [4.78, 5) is 23.1. The van der Waals surface area contributed by atoms with Crippen LogP contribution in [0.1, 0.15) is 53.1 Å². The summed E-state index contributed by atoms with van der Waals surface area (Å²) in [5.41, 5.74) is 1.02. The SMILES string of the molecule is CC(C)(C)c1cc(N2CCN(c3ncccn3)CC2)nc(C(C)(C)C)n1. The van der Waals surface area contributed by atoms with Gasteiger partial charge < -0.3 is 9.80 Å². The molecular formula is C20H30N6. The van der Waals surface area contributed by atoms with Gasteiger partial charge in [0, 0.05) is 55.5 Å². The summed E-state index contributed by atoms with van der Waals surface area (Å²) in [6.07, 6.45) is 3.59. The normalized spacial score (nSPS) is 16.1.